The van der Waals surface area contributed by atoms with Gasteiger partial charge in [-0.1, -0.05) is 61.8 Å². The Morgan fingerprint density at radius 3 is 2.26 bits per heavy atom. The smallest absolute Gasteiger partial charge is 0.135 e. The van der Waals surface area contributed by atoms with Gasteiger partial charge in [0.2, 0.25) is 0 Å². The van der Waals surface area contributed by atoms with Crippen LogP contribution < -0.4 is 0 Å². The first-order valence-electron chi connectivity index (χ1n) is 14.3. The van der Waals surface area contributed by atoms with E-state index in [1.807, 2.05) is 48.7 Å². The number of pyridine rings is 1. The molecule has 2 heterocycles. The molecule has 0 aliphatic heterocycles. The molecule has 0 radical (unpaired) electrons. The standard InChI is InChI=1S/C31H48N4S4/c1-24-15-16-27-28(19-24)35(29-20-25(2)21-32-30(27)29)26(14-10-8-12-18-39-31(36)34(5)6)13-9-7-11-17-37-23-38-22-33(3)4/h15-16,19-21,26H,7-14,17-18,22-23H2,1-6H3. The summed E-state index contributed by atoms with van der Waals surface area (Å²) in [6, 6.07) is 9.74. The van der Waals surface area contributed by atoms with E-state index in [1.165, 1.54) is 89.8 Å². The fraction of sp³-hybridized carbons (Fsp3) is 0.613. The van der Waals surface area contributed by atoms with Gasteiger partial charge in [-0.05, 0) is 82.6 Å². The molecular formula is C31H48N4S4. The molecule has 0 aliphatic rings. The fourth-order valence-corrected chi connectivity index (χ4v) is 8.00. The number of aryl methyl sites for hydroxylation is 2. The third-order valence-electron chi connectivity index (χ3n) is 6.91. The van der Waals surface area contributed by atoms with Crippen LogP contribution in [0, 0.1) is 13.8 Å². The van der Waals surface area contributed by atoms with E-state index < -0.39 is 0 Å². The summed E-state index contributed by atoms with van der Waals surface area (Å²) in [5, 5.41) is 2.49. The zero-order valence-electron chi connectivity index (χ0n) is 24.9. The molecule has 2 aromatic heterocycles. The maximum atomic E-state index is 5.45. The van der Waals surface area contributed by atoms with Crippen molar-refractivity contribution in [2.75, 3.05) is 50.7 Å². The Bertz CT molecular complexity index is 1120. The lowest BCUT2D eigenvalue weighted by Gasteiger charge is -2.22. The quantitative estimate of drug-likeness (QED) is 0.0861. The molecule has 0 amide bonds. The lowest BCUT2D eigenvalue weighted by molar-refractivity contribution is 0.418. The van der Waals surface area contributed by atoms with Crippen molar-refractivity contribution in [3.05, 3.63) is 41.6 Å². The van der Waals surface area contributed by atoms with E-state index in [9.17, 15) is 0 Å². The van der Waals surface area contributed by atoms with E-state index in [0.29, 0.717) is 6.04 Å². The van der Waals surface area contributed by atoms with Crippen LogP contribution in [0.15, 0.2) is 30.5 Å². The molecule has 39 heavy (non-hydrogen) atoms. The first-order valence-corrected chi connectivity index (χ1v) is 18.0. The van der Waals surface area contributed by atoms with Gasteiger partial charge in [0.05, 0.1) is 16.6 Å². The van der Waals surface area contributed by atoms with Gasteiger partial charge in [0, 0.05) is 48.4 Å². The highest BCUT2D eigenvalue weighted by Gasteiger charge is 2.19. The highest BCUT2D eigenvalue weighted by Crippen LogP contribution is 2.36. The van der Waals surface area contributed by atoms with Crippen LogP contribution in [0.2, 0.25) is 0 Å². The molecule has 3 rings (SSSR count). The van der Waals surface area contributed by atoms with Gasteiger partial charge in [-0.25, -0.2) is 0 Å². The van der Waals surface area contributed by atoms with Crippen LogP contribution in [0.25, 0.3) is 21.9 Å². The molecule has 216 valence electrons. The summed E-state index contributed by atoms with van der Waals surface area (Å²) in [5.74, 6) is 3.50. The number of benzene rings is 1. The lowest BCUT2D eigenvalue weighted by Crippen LogP contribution is -2.16. The minimum atomic E-state index is 0.509. The number of hydrogen-bond donors (Lipinski definition) is 0. The predicted molar refractivity (Wildman–Crippen MR) is 185 cm³/mol. The largest absolute Gasteiger partial charge is 0.364 e. The molecule has 0 saturated carbocycles. The number of nitrogens with zero attached hydrogens (tertiary/aromatic N) is 4. The summed E-state index contributed by atoms with van der Waals surface area (Å²) in [6.45, 7) is 4.37. The van der Waals surface area contributed by atoms with Crippen molar-refractivity contribution in [3.63, 3.8) is 0 Å². The number of rotatable bonds is 17. The van der Waals surface area contributed by atoms with Crippen LogP contribution in [0.4, 0.5) is 0 Å². The van der Waals surface area contributed by atoms with Gasteiger partial charge in [0.1, 0.15) is 4.32 Å². The topological polar surface area (TPSA) is 24.3 Å². The maximum Gasteiger partial charge on any atom is 0.135 e. The molecule has 4 nitrogen and oxygen atoms in total. The van der Waals surface area contributed by atoms with Gasteiger partial charge >= 0.3 is 0 Å². The maximum absolute atomic E-state index is 5.45. The zero-order valence-corrected chi connectivity index (χ0v) is 28.1. The summed E-state index contributed by atoms with van der Waals surface area (Å²) in [5.41, 5.74) is 6.37. The first kappa shape index (κ1) is 32.6. The second-order valence-electron chi connectivity index (χ2n) is 11.1. The Hall–Kier alpha value is -0.930. The molecule has 8 heteroatoms. The highest BCUT2D eigenvalue weighted by molar-refractivity contribution is 8.22. The molecule has 1 aromatic carbocycles. The number of hydrogen-bond acceptors (Lipinski definition) is 6. The number of unbranched alkanes of at least 4 members (excludes halogenated alkanes) is 4. The second-order valence-corrected chi connectivity index (χ2v) is 15.2. The Morgan fingerprint density at radius 2 is 1.56 bits per heavy atom. The third-order valence-corrected chi connectivity index (χ3v) is 11.3. The number of thioether (sulfide) groups is 3. The lowest BCUT2D eigenvalue weighted by atomic mass is 10.0. The van der Waals surface area contributed by atoms with Crippen molar-refractivity contribution in [3.8, 4) is 0 Å². The third kappa shape index (κ3) is 10.4. The van der Waals surface area contributed by atoms with E-state index in [4.69, 9.17) is 17.2 Å². The summed E-state index contributed by atoms with van der Waals surface area (Å²) >= 11 is 11.4. The molecule has 1 unspecified atom stereocenters. The summed E-state index contributed by atoms with van der Waals surface area (Å²) in [7, 11) is 8.35. The predicted octanol–water partition coefficient (Wildman–Crippen LogP) is 8.99. The average Bonchev–Trinajstić information content (AvgIpc) is 3.20. The van der Waals surface area contributed by atoms with Gasteiger partial charge in [-0.3, -0.25) is 4.98 Å². The molecule has 0 fully saturated rings. The van der Waals surface area contributed by atoms with Crippen molar-refractivity contribution < 1.29 is 0 Å². The normalized spacial score (nSPS) is 12.6. The molecule has 0 saturated heterocycles. The van der Waals surface area contributed by atoms with Crippen LogP contribution in [0.5, 0.6) is 0 Å². The van der Waals surface area contributed by atoms with E-state index in [2.05, 4.69) is 73.4 Å². The summed E-state index contributed by atoms with van der Waals surface area (Å²) in [4.78, 5) is 9.19. The molecule has 0 spiro atoms. The van der Waals surface area contributed by atoms with E-state index in [0.717, 1.165) is 21.5 Å². The second kappa shape index (κ2) is 17.1. The van der Waals surface area contributed by atoms with Gasteiger partial charge in [0.15, 0.2) is 0 Å². The van der Waals surface area contributed by atoms with Crippen LogP contribution in [-0.4, -0.2) is 74.3 Å². The number of aromatic nitrogens is 2. The molecule has 3 aromatic rings. The van der Waals surface area contributed by atoms with E-state index in [-0.39, 0.29) is 0 Å². The first-order chi connectivity index (χ1) is 18.8. The SMILES string of the molecule is Cc1ccc2c3ncc(C)cc3n(C(CCCCCSCSCN(C)C)CCCCCSC(=S)N(C)C)c2c1. The average molecular weight is 605 g/mol. The molecule has 0 aliphatic carbocycles. The van der Waals surface area contributed by atoms with Crippen molar-refractivity contribution in [2.45, 2.75) is 71.3 Å². The van der Waals surface area contributed by atoms with Crippen LogP contribution in [0.3, 0.4) is 0 Å². The van der Waals surface area contributed by atoms with Gasteiger partial charge in [0.25, 0.3) is 0 Å². The Kier molecular flexibility index (Phi) is 14.3. The van der Waals surface area contributed by atoms with Crippen LogP contribution >= 0.6 is 47.5 Å². The summed E-state index contributed by atoms with van der Waals surface area (Å²) in [6.07, 6.45) is 12.1. The minimum Gasteiger partial charge on any atom is -0.364 e. The van der Waals surface area contributed by atoms with Crippen molar-refractivity contribution in [1.29, 1.82) is 0 Å². The van der Waals surface area contributed by atoms with Crippen molar-refractivity contribution >= 4 is 73.8 Å². The number of fused-ring (bicyclic) bond motifs is 3. The molecule has 1 atom stereocenters. The summed E-state index contributed by atoms with van der Waals surface area (Å²) < 4.78 is 3.64. The number of thiocarbonyl (C=S) groups is 1. The van der Waals surface area contributed by atoms with Crippen LogP contribution in [-0.2, 0) is 0 Å². The minimum absolute atomic E-state index is 0.509. The Balaban J connectivity index is 1.66. The van der Waals surface area contributed by atoms with E-state index in [1.54, 1.807) is 0 Å². The monoisotopic (exact) mass is 604 g/mol. The van der Waals surface area contributed by atoms with Gasteiger partial charge in [-0.15, -0.1) is 11.8 Å². The fourth-order valence-electron chi connectivity index (χ4n) is 4.96. The molecular weight excluding hydrogens is 557 g/mol. The van der Waals surface area contributed by atoms with Crippen molar-refractivity contribution in [2.24, 2.45) is 0 Å². The molecule has 0 N–H and O–H groups in total. The van der Waals surface area contributed by atoms with Gasteiger partial charge in [-0.2, -0.15) is 11.8 Å². The van der Waals surface area contributed by atoms with Gasteiger partial charge < -0.3 is 14.4 Å². The Labute approximate surface area is 255 Å². The van der Waals surface area contributed by atoms with E-state index >= 15 is 0 Å². The Morgan fingerprint density at radius 1 is 0.872 bits per heavy atom. The highest BCUT2D eigenvalue weighted by atomic mass is 32.2. The zero-order chi connectivity index (χ0) is 28.2. The van der Waals surface area contributed by atoms with Crippen LogP contribution in [0.1, 0.15) is 68.5 Å². The van der Waals surface area contributed by atoms with Crippen molar-refractivity contribution in [1.82, 2.24) is 19.4 Å². The molecule has 0 bridgehead atoms.